The Bertz CT molecular complexity index is 610. The molecule has 4 heterocycles. The van der Waals surface area contributed by atoms with Crippen molar-refractivity contribution in [1.29, 1.82) is 0 Å². The quantitative estimate of drug-likeness (QED) is 0.636. The maximum absolute atomic E-state index is 5.94. The topological polar surface area (TPSA) is 76.8 Å². The van der Waals surface area contributed by atoms with Crippen LogP contribution >= 0.6 is 0 Å². The first-order valence-electron chi connectivity index (χ1n) is 9.45. The van der Waals surface area contributed by atoms with Crippen molar-refractivity contribution in [3.63, 3.8) is 0 Å². The summed E-state index contributed by atoms with van der Waals surface area (Å²) in [5.74, 6) is 3.02. The number of aryl methyl sites for hydroxylation is 1. The van der Waals surface area contributed by atoms with Gasteiger partial charge < -0.3 is 24.3 Å². The molecule has 8 heteroatoms. The summed E-state index contributed by atoms with van der Waals surface area (Å²) in [5, 5.41) is 12.1. The van der Waals surface area contributed by atoms with Gasteiger partial charge in [-0.15, -0.1) is 10.2 Å². The van der Waals surface area contributed by atoms with Crippen molar-refractivity contribution < 1.29 is 9.47 Å². The zero-order valence-electron chi connectivity index (χ0n) is 15.0. The third-order valence-electron chi connectivity index (χ3n) is 5.33. The number of nitrogens with zero attached hydrogens (tertiary/aromatic N) is 5. The lowest BCUT2D eigenvalue weighted by atomic mass is 10.1. The highest BCUT2D eigenvalue weighted by atomic mass is 16.5. The van der Waals surface area contributed by atoms with Crippen LogP contribution in [0.15, 0.2) is 4.99 Å². The molecule has 3 aliphatic rings. The van der Waals surface area contributed by atoms with E-state index in [1.165, 1.54) is 12.8 Å². The first-order chi connectivity index (χ1) is 12.3. The fourth-order valence-corrected chi connectivity index (χ4v) is 3.98. The van der Waals surface area contributed by atoms with Crippen molar-refractivity contribution in [3.8, 4) is 0 Å². The van der Waals surface area contributed by atoms with Crippen molar-refractivity contribution in [2.75, 3.05) is 33.4 Å². The van der Waals surface area contributed by atoms with Gasteiger partial charge in [-0.3, -0.25) is 4.99 Å². The van der Waals surface area contributed by atoms with Gasteiger partial charge in [0.1, 0.15) is 11.9 Å². The highest BCUT2D eigenvalue weighted by Gasteiger charge is 2.32. The minimum absolute atomic E-state index is 0.135. The molecule has 2 fully saturated rings. The molecule has 3 aliphatic heterocycles. The molecule has 0 radical (unpaired) electrons. The second kappa shape index (κ2) is 7.70. The van der Waals surface area contributed by atoms with Gasteiger partial charge in [-0.05, 0) is 25.7 Å². The number of hydrogen-bond donors (Lipinski definition) is 1. The minimum atomic E-state index is 0.135. The molecule has 138 valence electrons. The van der Waals surface area contributed by atoms with Gasteiger partial charge in [0.15, 0.2) is 11.8 Å². The summed E-state index contributed by atoms with van der Waals surface area (Å²) in [6.45, 7) is 4.92. The summed E-state index contributed by atoms with van der Waals surface area (Å²) in [4.78, 5) is 6.73. The van der Waals surface area contributed by atoms with Crippen molar-refractivity contribution >= 4 is 5.96 Å². The predicted octanol–water partition coefficient (Wildman–Crippen LogP) is 0.570. The number of fused-ring (bicyclic) bond motifs is 1. The summed E-state index contributed by atoms with van der Waals surface area (Å²) in [5.41, 5.74) is 0. The van der Waals surface area contributed by atoms with Crippen LogP contribution in [0.1, 0.15) is 37.3 Å². The number of rotatable bonds is 3. The van der Waals surface area contributed by atoms with Gasteiger partial charge in [0, 0.05) is 39.7 Å². The molecule has 0 aliphatic carbocycles. The van der Waals surface area contributed by atoms with E-state index in [4.69, 9.17) is 9.47 Å². The van der Waals surface area contributed by atoms with E-state index in [1.54, 1.807) is 0 Å². The Hall–Kier alpha value is -1.67. The number of aliphatic imine (C=N–C) groups is 1. The third-order valence-corrected chi connectivity index (χ3v) is 5.33. The van der Waals surface area contributed by atoms with Crippen LogP contribution in [0.3, 0.4) is 0 Å². The highest BCUT2D eigenvalue weighted by molar-refractivity contribution is 5.79. The van der Waals surface area contributed by atoms with Crippen molar-refractivity contribution in [2.45, 2.75) is 57.4 Å². The van der Waals surface area contributed by atoms with Gasteiger partial charge in [-0.2, -0.15) is 0 Å². The second-order valence-corrected chi connectivity index (χ2v) is 6.95. The number of guanidine groups is 1. The van der Waals surface area contributed by atoms with Crippen LogP contribution in [0.4, 0.5) is 0 Å². The molecule has 4 rings (SSSR count). The van der Waals surface area contributed by atoms with Crippen LogP contribution in [-0.2, 0) is 29.0 Å². The first kappa shape index (κ1) is 16.8. The normalized spacial score (nSPS) is 27.4. The first-order valence-corrected chi connectivity index (χ1v) is 9.45. The molecule has 0 amide bonds. The van der Waals surface area contributed by atoms with Crippen LogP contribution in [0, 0.1) is 0 Å². The van der Waals surface area contributed by atoms with Gasteiger partial charge in [0.05, 0.1) is 19.3 Å². The average Bonchev–Trinajstić information content (AvgIpc) is 3.33. The van der Waals surface area contributed by atoms with Crippen LogP contribution < -0.4 is 5.32 Å². The second-order valence-electron chi connectivity index (χ2n) is 6.95. The Morgan fingerprint density at radius 1 is 1.16 bits per heavy atom. The van der Waals surface area contributed by atoms with Gasteiger partial charge in [0.25, 0.3) is 0 Å². The molecule has 1 aromatic heterocycles. The average molecular weight is 348 g/mol. The van der Waals surface area contributed by atoms with E-state index in [0.29, 0.717) is 13.2 Å². The Labute approximate surface area is 148 Å². The fraction of sp³-hybridized carbons (Fsp3) is 0.824. The highest BCUT2D eigenvalue weighted by Crippen LogP contribution is 2.21. The SMILES string of the molecule is CN=C(NCc1nnc2n1CCCC2)N1CCOC(C2CCCO2)C1. The van der Waals surface area contributed by atoms with E-state index < -0.39 is 0 Å². The monoisotopic (exact) mass is 348 g/mol. The van der Waals surface area contributed by atoms with Crippen LogP contribution in [0.2, 0.25) is 0 Å². The van der Waals surface area contributed by atoms with Crippen molar-refractivity contribution in [1.82, 2.24) is 25.0 Å². The van der Waals surface area contributed by atoms with Gasteiger partial charge in [-0.25, -0.2) is 0 Å². The maximum Gasteiger partial charge on any atom is 0.194 e. The Morgan fingerprint density at radius 2 is 2.08 bits per heavy atom. The summed E-state index contributed by atoms with van der Waals surface area (Å²) in [6.07, 6.45) is 6.05. The van der Waals surface area contributed by atoms with Crippen molar-refractivity contribution in [2.24, 2.45) is 4.99 Å². The van der Waals surface area contributed by atoms with Crippen LogP contribution in [0.5, 0.6) is 0 Å². The molecule has 2 unspecified atom stereocenters. The molecular formula is C17H28N6O2. The third kappa shape index (κ3) is 3.64. The number of aromatic nitrogens is 3. The zero-order valence-corrected chi connectivity index (χ0v) is 15.0. The molecule has 2 atom stereocenters. The molecule has 0 spiro atoms. The van der Waals surface area contributed by atoms with Gasteiger partial charge in [0.2, 0.25) is 0 Å². The molecule has 2 saturated heterocycles. The standard InChI is InChI=1S/C17H28N6O2/c1-18-17(19-11-16-21-20-15-6-2-3-7-23(15)16)22-8-10-25-14(12-22)13-5-4-9-24-13/h13-14H,2-12H2,1H3,(H,18,19). The Kier molecular flexibility index (Phi) is 5.17. The smallest absolute Gasteiger partial charge is 0.194 e. The van der Waals surface area contributed by atoms with E-state index in [9.17, 15) is 0 Å². The molecule has 0 saturated carbocycles. The Balaban J connectivity index is 1.36. The summed E-state index contributed by atoms with van der Waals surface area (Å²) in [6, 6.07) is 0. The molecule has 0 aromatic carbocycles. The summed E-state index contributed by atoms with van der Waals surface area (Å²) in [7, 11) is 1.83. The molecule has 1 aromatic rings. The number of hydrogen-bond acceptors (Lipinski definition) is 5. The van der Waals surface area contributed by atoms with E-state index >= 15 is 0 Å². The van der Waals surface area contributed by atoms with Crippen LogP contribution in [-0.4, -0.2) is 71.2 Å². The lowest BCUT2D eigenvalue weighted by molar-refractivity contribution is -0.0817. The predicted molar refractivity (Wildman–Crippen MR) is 93.4 cm³/mol. The molecular weight excluding hydrogens is 320 g/mol. The largest absolute Gasteiger partial charge is 0.375 e. The molecule has 8 nitrogen and oxygen atoms in total. The lowest BCUT2D eigenvalue weighted by Crippen LogP contribution is -2.53. The molecule has 25 heavy (non-hydrogen) atoms. The number of ether oxygens (including phenoxy) is 2. The molecule has 1 N–H and O–H groups in total. The Morgan fingerprint density at radius 3 is 2.92 bits per heavy atom. The van der Waals surface area contributed by atoms with Crippen molar-refractivity contribution in [3.05, 3.63) is 11.6 Å². The summed E-state index contributed by atoms with van der Waals surface area (Å²) < 4.78 is 14.0. The number of nitrogens with one attached hydrogen (secondary N) is 1. The lowest BCUT2D eigenvalue weighted by Gasteiger charge is -2.37. The van der Waals surface area contributed by atoms with Gasteiger partial charge in [-0.1, -0.05) is 0 Å². The summed E-state index contributed by atoms with van der Waals surface area (Å²) >= 11 is 0. The van der Waals surface area contributed by atoms with E-state index in [1.807, 2.05) is 7.05 Å². The van der Waals surface area contributed by atoms with Gasteiger partial charge >= 0.3 is 0 Å². The fourth-order valence-electron chi connectivity index (χ4n) is 3.98. The minimum Gasteiger partial charge on any atom is -0.375 e. The van der Waals surface area contributed by atoms with E-state index in [2.05, 4.69) is 30.0 Å². The zero-order chi connectivity index (χ0) is 17.1. The van der Waals surface area contributed by atoms with Crippen LogP contribution in [0.25, 0.3) is 0 Å². The maximum atomic E-state index is 5.94. The van der Waals surface area contributed by atoms with E-state index in [0.717, 1.165) is 63.1 Å². The molecule has 0 bridgehead atoms. The van der Waals surface area contributed by atoms with E-state index in [-0.39, 0.29) is 12.2 Å². The number of morpholine rings is 1.